The summed E-state index contributed by atoms with van der Waals surface area (Å²) in [5, 5.41) is 4.34. The number of ether oxygens (including phenoxy) is 1. The van der Waals surface area contributed by atoms with Crippen LogP contribution in [0, 0.1) is 5.92 Å². The summed E-state index contributed by atoms with van der Waals surface area (Å²) in [6, 6.07) is 0.641. The lowest BCUT2D eigenvalue weighted by Crippen LogP contribution is -2.42. The fourth-order valence-electron chi connectivity index (χ4n) is 2.00. The van der Waals surface area contributed by atoms with E-state index in [0.29, 0.717) is 6.04 Å². The molecule has 0 saturated carbocycles. The van der Waals surface area contributed by atoms with Gasteiger partial charge in [-0.1, -0.05) is 20.8 Å². The molecule has 0 aliphatic carbocycles. The molecule has 0 aromatic rings. The Hall–Kier alpha value is 0.270. The van der Waals surface area contributed by atoms with Gasteiger partial charge in [-0.2, -0.15) is 11.8 Å². The van der Waals surface area contributed by atoms with Crippen molar-refractivity contribution in [2.75, 3.05) is 25.5 Å². The third-order valence-corrected chi connectivity index (χ3v) is 4.06. The van der Waals surface area contributed by atoms with Crippen molar-refractivity contribution < 1.29 is 4.74 Å². The Kier molecular flexibility index (Phi) is 6.69. The van der Waals surface area contributed by atoms with Gasteiger partial charge in [0.25, 0.3) is 0 Å². The molecular weight excluding hydrogens is 206 g/mol. The van der Waals surface area contributed by atoms with Crippen molar-refractivity contribution in [3.63, 3.8) is 0 Å². The summed E-state index contributed by atoms with van der Waals surface area (Å²) in [4.78, 5) is 0. The molecule has 1 N–H and O–H groups in total. The average Bonchev–Trinajstić information content (AvgIpc) is 2.25. The Morgan fingerprint density at radius 3 is 2.80 bits per heavy atom. The summed E-state index contributed by atoms with van der Waals surface area (Å²) in [5.74, 6) is 1.95. The van der Waals surface area contributed by atoms with Gasteiger partial charge in [0.05, 0.1) is 6.61 Å². The second-order valence-corrected chi connectivity index (χ2v) is 6.13. The van der Waals surface area contributed by atoms with Crippen LogP contribution in [0.15, 0.2) is 0 Å². The van der Waals surface area contributed by atoms with Gasteiger partial charge >= 0.3 is 0 Å². The van der Waals surface area contributed by atoms with Crippen LogP contribution < -0.4 is 5.32 Å². The molecule has 0 spiro atoms. The van der Waals surface area contributed by atoms with Gasteiger partial charge in [0.1, 0.15) is 0 Å². The molecule has 1 heterocycles. The van der Waals surface area contributed by atoms with Gasteiger partial charge in [-0.25, -0.2) is 0 Å². The number of hydrogen-bond acceptors (Lipinski definition) is 3. The number of thioether (sulfide) groups is 1. The molecular formula is C12H25NOS. The molecule has 90 valence electrons. The van der Waals surface area contributed by atoms with E-state index in [4.69, 9.17) is 4.74 Å². The van der Waals surface area contributed by atoms with Crippen LogP contribution in [0.2, 0.25) is 0 Å². The lowest BCUT2D eigenvalue weighted by Gasteiger charge is -2.31. The van der Waals surface area contributed by atoms with Gasteiger partial charge in [-0.3, -0.25) is 0 Å². The molecule has 1 aliphatic rings. The van der Waals surface area contributed by atoms with Crippen molar-refractivity contribution in [1.82, 2.24) is 5.32 Å². The minimum atomic E-state index is 0.641. The Labute approximate surface area is 98.5 Å². The third-order valence-electron chi connectivity index (χ3n) is 2.84. The van der Waals surface area contributed by atoms with Gasteiger partial charge in [0.2, 0.25) is 0 Å². The van der Waals surface area contributed by atoms with E-state index < -0.39 is 0 Å². The summed E-state index contributed by atoms with van der Waals surface area (Å²) >= 11 is 2.05. The van der Waals surface area contributed by atoms with Crippen molar-refractivity contribution in [2.45, 2.75) is 44.9 Å². The molecule has 0 radical (unpaired) electrons. The van der Waals surface area contributed by atoms with Gasteiger partial charge in [0, 0.05) is 18.4 Å². The summed E-state index contributed by atoms with van der Waals surface area (Å²) in [6.07, 6.45) is 2.56. The zero-order chi connectivity index (χ0) is 11.1. The van der Waals surface area contributed by atoms with E-state index in [9.17, 15) is 0 Å². The Morgan fingerprint density at radius 1 is 1.47 bits per heavy atom. The van der Waals surface area contributed by atoms with Gasteiger partial charge < -0.3 is 10.1 Å². The smallest absolute Gasteiger partial charge is 0.0509 e. The second kappa shape index (κ2) is 7.53. The van der Waals surface area contributed by atoms with Crippen molar-refractivity contribution in [3.05, 3.63) is 0 Å². The molecule has 0 bridgehead atoms. The highest BCUT2D eigenvalue weighted by atomic mass is 32.2. The van der Waals surface area contributed by atoms with Crippen molar-refractivity contribution in [1.29, 1.82) is 0 Å². The minimum absolute atomic E-state index is 0.641. The minimum Gasteiger partial charge on any atom is -0.381 e. The van der Waals surface area contributed by atoms with Crippen LogP contribution in [0.5, 0.6) is 0 Å². The van der Waals surface area contributed by atoms with Crippen LogP contribution in [0.25, 0.3) is 0 Å². The fraction of sp³-hybridized carbons (Fsp3) is 1.00. The van der Waals surface area contributed by atoms with Crippen LogP contribution in [0.1, 0.15) is 33.6 Å². The van der Waals surface area contributed by atoms with E-state index >= 15 is 0 Å². The molecule has 0 amide bonds. The van der Waals surface area contributed by atoms with E-state index in [1.54, 1.807) is 0 Å². The quantitative estimate of drug-likeness (QED) is 0.759. The van der Waals surface area contributed by atoms with E-state index in [0.717, 1.165) is 30.9 Å². The first-order chi connectivity index (χ1) is 7.24. The highest BCUT2D eigenvalue weighted by molar-refractivity contribution is 7.99. The zero-order valence-corrected chi connectivity index (χ0v) is 11.1. The Morgan fingerprint density at radius 2 is 2.27 bits per heavy atom. The van der Waals surface area contributed by atoms with E-state index in [1.807, 2.05) is 0 Å². The van der Waals surface area contributed by atoms with Gasteiger partial charge in [-0.15, -0.1) is 0 Å². The topological polar surface area (TPSA) is 21.3 Å². The first kappa shape index (κ1) is 13.3. The van der Waals surface area contributed by atoms with Gasteiger partial charge in [-0.05, 0) is 30.6 Å². The average molecular weight is 231 g/mol. The first-order valence-corrected chi connectivity index (χ1v) is 7.21. The molecule has 3 heteroatoms. The molecule has 15 heavy (non-hydrogen) atoms. The van der Waals surface area contributed by atoms with Crippen molar-refractivity contribution >= 4 is 11.8 Å². The standard InChI is InChI=1S/C12H25NOS/c1-4-13-12(9-15-10(2)3)11-6-5-7-14-8-11/h10-13H,4-9H2,1-3H3. The Balaban J connectivity index is 2.33. The summed E-state index contributed by atoms with van der Waals surface area (Å²) < 4.78 is 5.57. The van der Waals surface area contributed by atoms with Crippen LogP contribution in [-0.4, -0.2) is 36.8 Å². The second-order valence-electron chi connectivity index (χ2n) is 4.52. The molecule has 1 aliphatic heterocycles. The maximum atomic E-state index is 5.57. The normalized spacial score (nSPS) is 24.4. The highest BCUT2D eigenvalue weighted by Crippen LogP contribution is 2.21. The maximum absolute atomic E-state index is 5.57. The first-order valence-electron chi connectivity index (χ1n) is 6.16. The van der Waals surface area contributed by atoms with E-state index in [2.05, 4.69) is 37.8 Å². The van der Waals surface area contributed by atoms with Crippen LogP contribution in [0.3, 0.4) is 0 Å². The maximum Gasteiger partial charge on any atom is 0.0509 e. The van der Waals surface area contributed by atoms with Crippen molar-refractivity contribution in [3.8, 4) is 0 Å². The van der Waals surface area contributed by atoms with Crippen LogP contribution >= 0.6 is 11.8 Å². The molecule has 0 aromatic carbocycles. The van der Waals surface area contributed by atoms with Crippen LogP contribution in [-0.2, 0) is 4.74 Å². The number of rotatable bonds is 6. The van der Waals surface area contributed by atoms with Crippen molar-refractivity contribution in [2.24, 2.45) is 5.92 Å². The number of nitrogens with one attached hydrogen (secondary N) is 1. The molecule has 2 atom stereocenters. The lowest BCUT2D eigenvalue weighted by atomic mass is 9.95. The molecule has 2 unspecified atom stereocenters. The monoisotopic (exact) mass is 231 g/mol. The third kappa shape index (κ3) is 5.23. The van der Waals surface area contributed by atoms with Crippen LogP contribution in [0.4, 0.5) is 0 Å². The molecule has 1 saturated heterocycles. The summed E-state index contributed by atoms with van der Waals surface area (Å²) in [6.45, 7) is 9.72. The van der Waals surface area contributed by atoms with E-state index in [1.165, 1.54) is 18.6 Å². The lowest BCUT2D eigenvalue weighted by molar-refractivity contribution is 0.0429. The predicted octanol–water partition coefficient (Wildman–Crippen LogP) is 2.53. The largest absolute Gasteiger partial charge is 0.381 e. The zero-order valence-electron chi connectivity index (χ0n) is 10.3. The molecule has 2 nitrogen and oxygen atoms in total. The summed E-state index contributed by atoms with van der Waals surface area (Å²) in [7, 11) is 0. The van der Waals surface area contributed by atoms with E-state index in [-0.39, 0.29) is 0 Å². The molecule has 1 fully saturated rings. The van der Waals surface area contributed by atoms with Gasteiger partial charge in [0.15, 0.2) is 0 Å². The fourth-order valence-corrected chi connectivity index (χ4v) is 2.99. The predicted molar refractivity (Wildman–Crippen MR) is 68.6 cm³/mol. The molecule has 1 rings (SSSR count). The number of hydrogen-bond donors (Lipinski definition) is 1. The Bertz CT molecular complexity index is 158. The summed E-state index contributed by atoms with van der Waals surface area (Å²) in [5.41, 5.74) is 0. The molecule has 0 aromatic heterocycles. The highest BCUT2D eigenvalue weighted by Gasteiger charge is 2.23. The SMILES string of the molecule is CCNC(CSC(C)C)C1CCCOC1.